The standard InChI is InChI=1S/C15H25NO3/c1-10-4-2-5-11(8-10)9-16-14(17)12-6-3-7-13(12)15(18)19/h10-13H,2-9H2,1H3,(H,16,17)(H,18,19). The molecule has 2 aliphatic rings. The highest BCUT2D eigenvalue weighted by Crippen LogP contribution is 2.32. The summed E-state index contributed by atoms with van der Waals surface area (Å²) >= 11 is 0. The topological polar surface area (TPSA) is 66.4 Å². The molecule has 4 unspecified atom stereocenters. The fraction of sp³-hybridized carbons (Fsp3) is 0.867. The van der Waals surface area contributed by atoms with Crippen molar-refractivity contribution in [1.29, 1.82) is 0 Å². The van der Waals surface area contributed by atoms with E-state index in [1.54, 1.807) is 0 Å². The number of carboxylic acid groups (broad SMARTS) is 1. The molecule has 2 saturated carbocycles. The molecule has 2 aliphatic carbocycles. The molecule has 4 nitrogen and oxygen atoms in total. The van der Waals surface area contributed by atoms with Gasteiger partial charge in [0.1, 0.15) is 0 Å². The monoisotopic (exact) mass is 267 g/mol. The molecule has 1 amide bonds. The molecule has 2 rings (SSSR count). The number of nitrogens with one attached hydrogen (secondary N) is 1. The SMILES string of the molecule is CC1CCCC(CNC(=O)C2CCCC2C(=O)O)C1. The van der Waals surface area contributed by atoms with Crippen molar-refractivity contribution in [2.45, 2.75) is 51.9 Å². The maximum atomic E-state index is 12.1. The molecule has 2 N–H and O–H groups in total. The van der Waals surface area contributed by atoms with E-state index in [1.807, 2.05) is 0 Å². The molecule has 0 aromatic heterocycles. The molecule has 2 fully saturated rings. The minimum absolute atomic E-state index is 0.0388. The molecule has 108 valence electrons. The summed E-state index contributed by atoms with van der Waals surface area (Å²) in [6.07, 6.45) is 7.16. The number of carboxylic acids is 1. The molecule has 0 spiro atoms. The third kappa shape index (κ3) is 3.71. The Labute approximate surface area is 115 Å². The second-order valence-electron chi connectivity index (χ2n) is 6.37. The zero-order chi connectivity index (χ0) is 13.8. The van der Waals surface area contributed by atoms with Crippen LogP contribution in [0.25, 0.3) is 0 Å². The number of hydrogen-bond acceptors (Lipinski definition) is 2. The van der Waals surface area contributed by atoms with E-state index in [4.69, 9.17) is 5.11 Å². The predicted octanol–water partition coefficient (Wildman–Crippen LogP) is 2.43. The van der Waals surface area contributed by atoms with Gasteiger partial charge >= 0.3 is 5.97 Å². The molecule has 4 heteroatoms. The number of amides is 1. The van der Waals surface area contributed by atoms with Crippen LogP contribution in [0.5, 0.6) is 0 Å². The van der Waals surface area contributed by atoms with E-state index < -0.39 is 11.9 Å². The summed E-state index contributed by atoms with van der Waals surface area (Å²) in [7, 11) is 0. The molecule has 0 saturated heterocycles. The Kier molecular flexibility index (Phi) is 4.83. The quantitative estimate of drug-likeness (QED) is 0.822. The number of carbonyl (C=O) groups excluding carboxylic acids is 1. The van der Waals surface area contributed by atoms with Crippen molar-refractivity contribution in [3.8, 4) is 0 Å². The number of hydrogen-bond donors (Lipinski definition) is 2. The summed E-state index contributed by atoms with van der Waals surface area (Å²) in [4.78, 5) is 23.2. The third-order valence-electron chi connectivity index (χ3n) is 4.78. The van der Waals surface area contributed by atoms with Crippen LogP contribution in [0.1, 0.15) is 51.9 Å². The molecular weight excluding hydrogens is 242 g/mol. The highest BCUT2D eigenvalue weighted by molar-refractivity contribution is 5.85. The average Bonchev–Trinajstić information content (AvgIpc) is 2.85. The van der Waals surface area contributed by atoms with Crippen LogP contribution in [0.2, 0.25) is 0 Å². The third-order valence-corrected chi connectivity index (χ3v) is 4.78. The average molecular weight is 267 g/mol. The Bertz CT molecular complexity index is 342. The van der Waals surface area contributed by atoms with Crippen molar-refractivity contribution in [3.05, 3.63) is 0 Å². The first kappa shape index (κ1) is 14.4. The molecule has 0 bridgehead atoms. The van der Waals surface area contributed by atoms with E-state index in [-0.39, 0.29) is 11.8 Å². The van der Waals surface area contributed by atoms with Crippen molar-refractivity contribution < 1.29 is 14.7 Å². The number of rotatable bonds is 4. The zero-order valence-corrected chi connectivity index (χ0v) is 11.7. The molecule has 0 aromatic rings. The van der Waals surface area contributed by atoms with Crippen LogP contribution in [-0.4, -0.2) is 23.5 Å². The van der Waals surface area contributed by atoms with Gasteiger partial charge in [0, 0.05) is 6.54 Å². The lowest BCUT2D eigenvalue weighted by atomic mass is 9.82. The van der Waals surface area contributed by atoms with E-state index >= 15 is 0 Å². The van der Waals surface area contributed by atoms with Gasteiger partial charge in [-0.15, -0.1) is 0 Å². The van der Waals surface area contributed by atoms with E-state index in [0.29, 0.717) is 12.3 Å². The summed E-state index contributed by atoms with van der Waals surface area (Å²) in [5, 5.41) is 12.1. The van der Waals surface area contributed by atoms with Gasteiger partial charge in [-0.05, 0) is 37.5 Å². The van der Waals surface area contributed by atoms with E-state index in [1.165, 1.54) is 25.7 Å². The lowest BCUT2D eigenvalue weighted by Crippen LogP contribution is -2.38. The Morgan fingerprint density at radius 3 is 2.47 bits per heavy atom. The van der Waals surface area contributed by atoms with Gasteiger partial charge in [0.2, 0.25) is 5.91 Å². The van der Waals surface area contributed by atoms with Gasteiger partial charge in [-0.3, -0.25) is 9.59 Å². The van der Waals surface area contributed by atoms with Gasteiger partial charge in [0.15, 0.2) is 0 Å². The van der Waals surface area contributed by atoms with Crippen molar-refractivity contribution in [1.82, 2.24) is 5.32 Å². The first-order chi connectivity index (χ1) is 9.08. The largest absolute Gasteiger partial charge is 0.481 e. The van der Waals surface area contributed by atoms with Crippen LogP contribution in [0.15, 0.2) is 0 Å². The predicted molar refractivity (Wildman–Crippen MR) is 72.6 cm³/mol. The van der Waals surface area contributed by atoms with Gasteiger partial charge in [-0.25, -0.2) is 0 Å². The summed E-state index contributed by atoms with van der Waals surface area (Å²) in [5.41, 5.74) is 0. The highest BCUT2D eigenvalue weighted by Gasteiger charge is 2.37. The van der Waals surface area contributed by atoms with Crippen LogP contribution < -0.4 is 5.32 Å². The maximum absolute atomic E-state index is 12.1. The molecular formula is C15H25NO3. The molecule has 0 aromatic carbocycles. The lowest BCUT2D eigenvalue weighted by Gasteiger charge is -2.27. The number of carbonyl (C=O) groups is 2. The van der Waals surface area contributed by atoms with E-state index in [2.05, 4.69) is 12.2 Å². The molecule has 19 heavy (non-hydrogen) atoms. The second kappa shape index (κ2) is 6.40. The maximum Gasteiger partial charge on any atom is 0.307 e. The second-order valence-corrected chi connectivity index (χ2v) is 6.37. The van der Waals surface area contributed by atoms with Gasteiger partial charge in [0.05, 0.1) is 11.8 Å². The molecule has 0 radical (unpaired) electrons. The first-order valence-corrected chi connectivity index (χ1v) is 7.58. The van der Waals surface area contributed by atoms with E-state index in [0.717, 1.165) is 25.3 Å². The van der Waals surface area contributed by atoms with Crippen LogP contribution in [0.3, 0.4) is 0 Å². The lowest BCUT2D eigenvalue weighted by molar-refractivity contribution is -0.146. The van der Waals surface area contributed by atoms with Gasteiger partial charge in [-0.1, -0.05) is 26.2 Å². The minimum atomic E-state index is -0.816. The molecule has 4 atom stereocenters. The van der Waals surface area contributed by atoms with Crippen molar-refractivity contribution in [2.24, 2.45) is 23.7 Å². The van der Waals surface area contributed by atoms with Gasteiger partial charge < -0.3 is 10.4 Å². The summed E-state index contributed by atoms with van der Waals surface area (Å²) < 4.78 is 0. The first-order valence-electron chi connectivity index (χ1n) is 7.58. The Morgan fingerprint density at radius 1 is 1.11 bits per heavy atom. The summed E-state index contributed by atoms with van der Waals surface area (Å²) in [5.74, 6) is -0.290. The van der Waals surface area contributed by atoms with Crippen LogP contribution >= 0.6 is 0 Å². The summed E-state index contributed by atoms with van der Waals surface area (Å²) in [6, 6.07) is 0. The summed E-state index contributed by atoms with van der Waals surface area (Å²) in [6.45, 7) is 3.00. The number of aliphatic carboxylic acids is 1. The fourth-order valence-corrected chi connectivity index (χ4v) is 3.69. The molecule has 0 heterocycles. The Morgan fingerprint density at radius 2 is 1.79 bits per heavy atom. The Balaban J connectivity index is 1.79. The van der Waals surface area contributed by atoms with Crippen molar-refractivity contribution in [2.75, 3.05) is 6.54 Å². The van der Waals surface area contributed by atoms with Crippen LogP contribution in [0.4, 0.5) is 0 Å². The smallest absolute Gasteiger partial charge is 0.307 e. The Hall–Kier alpha value is -1.06. The molecule has 0 aliphatic heterocycles. The highest BCUT2D eigenvalue weighted by atomic mass is 16.4. The minimum Gasteiger partial charge on any atom is -0.481 e. The van der Waals surface area contributed by atoms with Gasteiger partial charge in [0.25, 0.3) is 0 Å². The van der Waals surface area contributed by atoms with Crippen LogP contribution in [-0.2, 0) is 9.59 Å². The zero-order valence-electron chi connectivity index (χ0n) is 11.7. The fourth-order valence-electron chi connectivity index (χ4n) is 3.69. The van der Waals surface area contributed by atoms with Crippen LogP contribution in [0, 0.1) is 23.7 Å². The van der Waals surface area contributed by atoms with E-state index in [9.17, 15) is 9.59 Å². The van der Waals surface area contributed by atoms with Crippen molar-refractivity contribution in [3.63, 3.8) is 0 Å². The van der Waals surface area contributed by atoms with Crippen molar-refractivity contribution >= 4 is 11.9 Å². The normalized spacial score (nSPS) is 35.0. The van der Waals surface area contributed by atoms with Gasteiger partial charge in [-0.2, -0.15) is 0 Å².